The molecule has 0 saturated carbocycles. The minimum absolute atomic E-state index is 0.0705. The smallest absolute Gasteiger partial charge is 0.278 e. The molecule has 0 amide bonds. The Morgan fingerprint density at radius 1 is 1.05 bits per heavy atom. The Labute approximate surface area is 134 Å². The molecule has 0 saturated heterocycles. The maximum Gasteiger partial charge on any atom is 0.278 e. The zero-order valence-electron chi connectivity index (χ0n) is 11.3. The molecule has 3 aromatic rings. The third kappa shape index (κ3) is 2.40. The second-order valence-electron chi connectivity index (χ2n) is 4.79. The van der Waals surface area contributed by atoms with Crippen LogP contribution in [-0.4, -0.2) is 11.2 Å². The van der Waals surface area contributed by atoms with Gasteiger partial charge in [-0.25, -0.2) is 0 Å². The van der Waals surface area contributed by atoms with E-state index in [1.165, 1.54) is 6.07 Å². The average molecular weight is 356 g/mol. The van der Waals surface area contributed by atoms with Gasteiger partial charge < -0.3 is 0 Å². The van der Waals surface area contributed by atoms with Gasteiger partial charge in [-0.1, -0.05) is 52.3 Å². The fourth-order valence-corrected chi connectivity index (χ4v) is 2.97. The molecule has 22 heavy (non-hydrogen) atoms. The third-order valence-corrected chi connectivity index (χ3v) is 3.99. The van der Waals surface area contributed by atoms with Gasteiger partial charge in [0.1, 0.15) is 0 Å². The Morgan fingerprint density at radius 2 is 1.82 bits per heavy atom. The van der Waals surface area contributed by atoms with Gasteiger partial charge in [0.2, 0.25) is 0 Å². The Kier molecular flexibility index (Phi) is 3.73. The number of nitro benzene ring substituents is 1. The molecule has 0 aliphatic rings. The summed E-state index contributed by atoms with van der Waals surface area (Å²) in [5, 5.41) is 12.9. The molecule has 5 heteroatoms. The molecule has 0 spiro atoms. The topological polar surface area (TPSA) is 60.2 Å². The molecule has 0 aromatic heterocycles. The van der Waals surface area contributed by atoms with Crippen molar-refractivity contribution in [1.29, 1.82) is 0 Å². The van der Waals surface area contributed by atoms with Gasteiger partial charge >= 0.3 is 0 Å². The first-order valence-corrected chi connectivity index (χ1v) is 7.32. The van der Waals surface area contributed by atoms with Crippen molar-refractivity contribution in [3.05, 3.63) is 74.7 Å². The summed E-state index contributed by atoms with van der Waals surface area (Å²) in [6.45, 7) is 0. The standard InChI is InChI=1S/C17H10BrNO3/c18-13-6-3-5-12(8-13)17-15(10-20)14-7-2-1-4-11(14)9-16(17)19(21)22/h1-10H. The number of hydrogen-bond acceptors (Lipinski definition) is 3. The largest absolute Gasteiger partial charge is 0.298 e. The van der Waals surface area contributed by atoms with E-state index in [1.54, 1.807) is 36.4 Å². The molecule has 0 unspecified atom stereocenters. The van der Waals surface area contributed by atoms with Gasteiger partial charge in [-0.2, -0.15) is 0 Å². The normalized spacial score (nSPS) is 10.6. The van der Waals surface area contributed by atoms with Crippen molar-refractivity contribution in [2.45, 2.75) is 0 Å². The van der Waals surface area contributed by atoms with Gasteiger partial charge in [-0.05, 0) is 28.5 Å². The lowest BCUT2D eigenvalue weighted by Crippen LogP contribution is -1.98. The van der Waals surface area contributed by atoms with Gasteiger partial charge in [0.05, 0.1) is 10.5 Å². The monoisotopic (exact) mass is 355 g/mol. The molecule has 0 heterocycles. The molecule has 0 bridgehead atoms. The van der Waals surface area contributed by atoms with Crippen LogP contribution in [0.1, 0.15) is 10.4 Å². The van der Waals surface area contributed by atoms with Gasteiger partial charge in [-0.3, -0.25) is 14.9 Å². The van der Waals surface area contributed by atoms with E-state index in [1.807, 2.05) is 12.1 Å². The zero-order chi connectivity index (χ0) is 15.7. The zero-order valence-corrected chi connectivity index (χ0v) is 12.9. The number of nitro groups is 1. The van der Waals surface area contributed by atoms with Crippen LogP contribution < -0.4 is 0 Å². The number of nitrogens with zero attached hydrogens (tertiary/aromatic N) is 1. The SMILES string of the molecule is O=Cc1c(-c2cccc(Br)c2)c([N+](=O)[O-])cc2ccccc12. The number of benzene rings is 3. The van der Waals surface area contributed by atoms with E-state index in [-0.39, 0.29) is 5.69 Å². The summed E-state index contributed by atoms with van der Waals surface area (Å²) in [5.41, 5.74) is 1.25. The van der Waals surface area contributed by atoms with E-state index in [2.05, 4.69) is 15.9 Å². The molecule has 0 aliphatic heterocycles. The van der Waals surface area contributed by atoms with Crippen LogP contribution in [-0.2, 0) is 0 Å². The number of rotatable bonds is 3. The molecule has 0 atom stereocenters. The lowest BCUT2D eigenvalue weighted by Gasteiger charge is -2.10. The first-order valence-electron chi connectivity index (χ1n) is 6.53. The maximum absolute atomic E-state index is 11.6. The lowest BCUT2D eigenvalue weighted by molar-refractivity contribution is -0.384. The van der Waals surface area contributed by atoms with Crippen molar-refractivity contribution in [3.63, 3.8) is 0 Å². The molecule has 108 valence electrons. The van der Waals surface area contributed by atoms with Gasteiger partial charge in [0, 0.05) is 16.1 Å². The van der Waals surface area contributed by atoms with Crippen molar-refractivity contribution in [3.8, 4) is 11.1 Å². The van der Waals surface area contributed by atoms with Crippen LogP contribution >= 0.6 is 15.9 Å². The second kappa shape index (κ2) is 5.69. The Balaban J connectivity index is 2.47. The highest BCUT2D eigenvalue weighted by Crippen LogP contribution is 2.38. The average Bonchev–Trinajstić information content (AvgIpc) is 2.52. The highest BCUT2D eigenvalue weighted by Gasteiger charge is 2.22. The Morgan fingerprint density at radius 3 is 2.50 bits per heavy atom. The third-order valence-electron chi connectivity index (χ3n) is 3.50. The minimum Gasteiger partial charge on any atom is -0.298 e. The van der Waals surface area contributed by atoms with Crippen LogP contribution in [0.3, 0.4) is 0 Å². The molecule has 3 aromatic carbocycles. The van der Waals surface area contributed by atoms with Gasteiger partial charge in [-0.15, -0.1) is 0 Å². The molecule has 4 nitrogen and oxygen atoms in total. The second-order valence-corrected chi connectivity index (χ2v) is 5.71. The van der Waals surface area contributed by atoms with Crippen LogP contribution in [0.4, 0.5) is 5.69 Å². The first kappa shape index (κ1) is 14.4. The van der Waals surface area contributed by atoms with Gasteiger partial charge in [0.25, 0.3) is 5.69 Å². The highest BCUT2D eigenvalue weighted by molar-refractivity contribution is 9.10. The number of aldehydes is 1. The van der Waals surface area contributed by atoms with E-state index in [4.69, 9.17) is 0 Å². The summed E-state index contributed by atoms with van der Waals surface area (Å²) in [6, 6.07) is 15.8. The predicted octanol–water partition coefficient (Wildman–Crippen LogP) is 4.99. The fourth-order valence-electron chi connectivity index (χ4n) is 2.57. The van der Waals surface area contributed by atoms with E-state index in [0.717, 1.165) is 4.47 Å². The number of fused-ring (bicyclic) bond motifs is 1. The van der Waals surface area contributed by atoms with Crippen molar-refractivity contribution >= 4 is 38.7 Å². The van der Waals surface area contributed by atoms with Crippen molar-refractivity contribution in [2.24, 2.45) is 0 Å². The molecule has 0 N–H and O–H groups in total. The van der Waals surface area contributed by atoms with Crippen LogP contribution in [0.2, 0.25) is 0 Å². The number of halogens is 1. The molecule has 0 radical (unpaired) electrons. The Hall–Kier alpha value is -2.53. The number of carbonyl (C=O) groups excluding carboxylic acids is 1. The predicted molar refractivity (Wildman–Crippen MR) is 89.1 cm³/mol. The summed E-state index contributed by atoms with van der Waals surface area (Å²) in [7, 11) is 0. The van der Waals surface area contributed by atoms with E-state index in [9.17, 15) is 14.9 Å². The van der Waals surface area contributed by atoms with Crippen LogP contribution in [0.15, 0.2) is 59.1 Å². The van der Waals surface area contributed by atoms with Crippen molar-refractivity contribution in [1.82, 2.24) is 0 Å². The summed E-state index contributed by atoms with van der Waals surface area (Å²) < 4.78 is 0.796. The summed E-state index contributed by atoms with van der Waals surface area (Å²) in [5.74, 6) is 0. The molecule has 3 rings (SSSR count). The summed E-state index contributed by atoms with van der Waals surface area (Å²) in [4.78, 5) is 22.7. The number of carbonyl (C=O) groups is 1. The van der Waals surface area contributed by atoms with Gasteiger partial charge in [0.15, 0.2) is 6.29 Å². The highest BCUT2D eigenvalue weighted by atomic mass is 79.9. The van der Waals surface area contributed by atoms with Crippen LogP contribution in [0.5, 0.6) is 0 Å². The maximum atomic E-state index is 11.6. The lowest BCUT2D eigenvalue weighted by atomic mass is 9.93. The Bertz CT molecular complexity index is 906. The summed E-state index contributed by atoms with van der Waals surface area (Å²) in [6.07, 6.45) is 0.686. The first-order chi connectivity index (χ1) is 10.6. The minimum atomic E-state index is -0.449. The quantitative estimate of drug-likeness (QED) is 0.377. The van der Waals surface area contributed by atoms with E-state index < -0.39 is 4.92 Å². The van der Waals surface area contributed by atoms with Crippen LogP contribution in [0.25, 0.3) is 21.9 Å². The van der Waals surface area contributed by atoms with E-state index >= 15 is 0 Å². The molecular formula is C17H10BrNO3. The molecule has 0 fully saturated rings. The van der Waals surface area contributed by atoms with Crippen LogP contribution in [0, 0.1) is 10.1 Å². The van der Waals surface area contributed by atoms with E-state index in [0.29, 0.717) is 33.7 Å². The molecule has 0 aliphatic carbocycles. The van der Waals surface area contributed by atoms with Crippen molar-refractivity contribution < 1.29 is 9.72 Å². The molecular weight excluding hydrogens is 346 g/mol. The summed E-state index contributed by atoms with van der Waals surface area (Å²) >= 11 is 3.36. The number of hydrogen-bond donors (Lipinski definition) is 0. The fraction of sp³-hybridized carbons (Fsp3) is 0. The van der Waals surface area contributed by atoms with Crippen molar-refractivity contribution in [2.75, 3.05) is 0 Å².